The first-order chi connectivity index (χ1) is 11.1. The minimum absolute atomic E-state index is 0.404. The average molecular weight is 307 g/mol. The van der Waals surface area contributed by atoms with Gasteiger partial charge in [-0.3, -0.25) is 0 Å². The zero-order valence-corrected chi connectivity index (χ0v) is 12.9. The van der Waals surface area contributed by atoms with E-state index in [2.05, 4.69) is 30.6 Å². The number of anilines is 5. The fraction of sp³-hybridized carbons (Fsp3) is 0.125. The molecule has 4 N–H and O–H groups in total. The van der Waals surface area contributed by atoms with Gasteiger partial charge in [0.05, 0.1) is 0 Å². The highest BCUT2D eigenvalue weighted by Crippen LogP contribution is 2.27. The molecule has 23 heavy (non-hydrogen) atoms. The molecule has 116 valence electrons. The van der Waals surface area contributed by atoms with Crippen molar-refractivity contribution in [3.05, 3.63) is 54.1 Å². The summed E-state index contributed by atoms with van der Waals surface area (Å²) in [6.07, 6.45) is 3.15. The number of rotatable bonds is 4. The third-order valence-electron chi connectivity index (χ3n) is 3.26. The van der Waals surface area contributed by atoms with E-state index in [-0.39, 0.29) is 0 Å². The summed E-state index contributed by atoms with van der Waals surface area (Å²) in [6, 6.07) is 9.52. The molecule has 0 aliphatic carbocycles. The maximum absolute atomic E-state index is 6.16. The van der Waals surface area contributed by atoms with Crippen LogP contribution in [0.5, 0.6) is 0 Å². The molecule has 0 bridgehead atoms. The van der Waals surface area contributed by atoms with Gasteiger partial charge in [0.15, 0.2) is 11.6 Å². The quantitative estimate of drug-likeness (QED) is 0.681. The van der Waals surface area contributed by atoms with Crippen molar-refractivity contribution >= 4 is 29.0 Å². The number of nitrogens with one attached hydrogen (secondary N) is 2. The molecule has 0 atom stereocenters. The van der Waals surface area contributed by atoms with Gasteiger partial charge in [-0.2, -0.15) is 0 Å². The van der Waals surface area contributed by atoms with E-state index >= 15 is 0 Å². The first-order valence-corrected chi connectivity index (χ1v) is 7.13. The number of aromatic nitrogens is 4. The summed E-state index contributed by atoms with van der Waals surface area (Å²) in [5, 5.41) is 6.24. The molecule has 0 fully saturated rings. The molecule has 0 amide bonds. The SMILES string of the molecule is Cc1cccc(Nc2ncnc(Nc3ncccc3C)c2N)n1. The largest absolute Gasteiger partial charge is 0.393 e. The highest BCUT2D eigenvalue weighted by molar-refractivity contribution is 5.79. The second-order valence-corrected chi connectivity index (χ2v) is 5.07. The molecule has 3 heterocycles. The monoisotopic (exact) mass is 307 g/mol. The number of nitrogen functional groups attached to an aromatic ring is 1. The highest BCUT2D eigenvalue weighted by Gasteiger charge is 2.10. The minimum atomic E-state index is 0.404. The Morgan fingerprint density at radius 3 is 2.39 bits per heavy atom. The lowest BCUT2D eigenvalue weighted by atomic mass is 10.3. The topological polar surface area (TPSA) is 102 Å². The molecule has 0 aliphatic heterocycles. The van der Waals surface area contributed by atoms with Crippen LogP contribution in [0.2, 0.25) is 0 Å². The van der Waals surface area contributed by atoms with Crippen LogP contribution in [0.25, 0.3) is 0 Å². The lowest BCUT2D eigenvalue weighted by Crippen LogP contribution is -2.07. The Kier molecular flexibility index (Phi) is 4.01. The van der Waals surface area contributed by atoms with Gasteiger partial charge in [-0.05, 0) is 37.6 Å². The van der Waals surface area contributed by atoms with Crippen molar-refractivity contribution in [3.63, 3.8) is 0 Å². The van der Waals surface area contributed by atoms with Gasteiger partial charge in [0, 0.05) is 11.9 Å². The molecule has 0 saturated heterocycles. The molecule has 7 nitrogen and oxygen atoms in total. The summed E-state index contributed by atoms with van der Waals surface area (Å²) in [5.41, 5.74) is 8.47. The first-order valence-electron chi connectivity index (χ1n) is 7.13. The normalized spacial score (nSPS) is 10.3. The zero-order valence-electron chi connectivity index (χ0n) is 12.9. The van der Waals surface area contributed by atoms with Crippen molar-refractivity contribution in [2.24, 2.45) is 0 Å². The Hall–Kier alpha value is -3.22. The molecule has 3 rings (SSSR count). The van der Waals surface area contributed by atoms with Crippen LogP contribution in [-0.2, 0) is 0 Å². The van der Waals surface area contributed by atoms with Gasteiger partial charge in [0.25, 0.3) is 0 Å². The van der Waals surface area contributed by atoms with Crippen LogP contribution >= 0.6 is 0 Å². The van der Waals surface area contributed by atoms with E-state index in [1.807, 2.05) is 44.2 Å². The van der Waals surface area contributed by atoms with Crippen molar-refractivity contribution in [2.75, 3.05) is 16.4 Å². The van der Waals surface area contributed by atoms with E-state index in [0.717, 1.165) is 11.3 Å². The summed E-state index contributed by atoms with van der Waals surface area (Å²) in [6.45, 7) is 3.88. The maximum atomic E-state index is 6.16. The summed E-state index contributed by atoms with van der Waals surface area (Å²) in [7, 11) is 0. The van der Waals surface area contributed by atoms with Crippen LogP contribution < -0.4 is 16.4 Å². The van der Waals surface area contributed by atoms with Gasteiger partial charge in [-0.25, -0.2) is 19.9 Å². The van der Waals surface area contributed by atoms with E-state index in [1.54, 1.807) is 6.20 Å². The number of hydrogen-bond acceptors (Lipinski definition) is 7. The molecular formula is C16H17N7. The van der Waals surface area contributed by atoms with Gasteiger partial charge in [0.1, 0.15) is 23.7 Å². The van der Waals surface area contributed by atoms with Gasteiger partial charge >= 0.3 is 0 Å². The van der Waals surface area contributed by atoms with Gasteiger partial charge in [-0.15, -0.1) is 0 Å². The number of aryl methyl sites for hydroxylation is 2. The Bertz CT molecular complexity index is 832. The number of nitrogens with zero attached hydrogens (tertiary/aromatic N) is 4. The van der Waals surface area contributed by atoms with Crippen LogP contribution in [0, 0.1) is 13.8 Å². The highest BCUT2D eigenvalue weighted by atomic mass is 15.1. The van der Waals surface area contributed by atoms with Gasteiger partial charge in [0.2, 0.25) is 0 Å². The van der Waals surface area contributed by atoms with Crippen LogP contribution in [-0.4, -0.2) is 19.9 Å². The van der Waals surface area contributed by atoms with E-state index in [4.69, 9.17) is 5.73 Å². The lowest BCUT2D eigenvalue weighted by Gasteiger charge is -2.12. The molecular weight excluding hydrogens is 290 g/mol. The fourth-order valence-corrected chi connectivity index (χ4v) is 2.06. The minimum Gasteiger partial charge on any atom is -0.393 e. The van der Waals surface area contributed by atoms with Crippen LogP contribution in [0.15, 0.2) is 42.9 Å². The number of hydrogen-bond donors (Lipinski definition) is 3. The Morgan fingerprint density at radius 2 is 1.65 bits per heavy atom. The molecule has 7 heteroatoms. The number of nitrogens with two attached hydrogens (primary N) is 1. The lowest BCUT2D eigenvalue weighted by molar-refractivity contribution is 1.14. The van der Waals surface area contributed by atoms with Crippen molar-refractivity contribution in [2.45, 2.75) is 13.8 Å². The molecule has 0 unspecified atom stereocenters. The van der Waals surface area contributed by atoms with E-state index in [1.165, 1.54) is 6.33 Å². The molecule has 0 saturated carbocycles. The summed E-state index contributed by atoms with van der Waals surface area (Å²) in [4.78, 5) is 17.0. The Labute approximate surface area is 134 Å². The maximum Gasteiger partial charge on any atom is 0.160 e. The Morgan fingerprint density at radius 1 is 0.870 bits per heavy atom. The molecule has 0 aliphatic rings. The predicted molar refractivity (Wildman–Crippen MR) is 91.0 cm³/mol. The predicted octanol–water partition coefficient (Wildman–Crippen LogP) is 2.95. The molecule has 0 spiro atoms. The zero-order chi connectivity index (χ0) is 16.2. The van der Waals surface area contributed by atoms with Gasteiger partial charge in [-0.1, -0.05) is 12.1 Å². The van der Waals surface area contributed by atoms with E-state index < -0.39 is 0 Å². The molecule has 0 radical (unpaired) electrons. The fourth-order valence-electron chi connectivity index (χ4n) is 2.06. The molecule has 3 aromatic heterocycles. The molecule has 0 aromatic carbocycles. The van der Waals surface area contributed by atoms with E-state index in [9.17, 15) is 0 Å². The van der Waals surface area contributed by atoms with Crippen LogP contribution in [0.4, 0.5) is 29.0 Å². The van der Waals surface area contributed by atoms with Crippen LogP contribution in [0.1, 0.15) is 11.3 Å². The third-order valence-corrected chi connectivity index (χ3v) is 3.26. The standard InChI is InChI=1S/C16H17N7/c1-10-5-4-8-18-14(10)23-16-13(17)15(19-9-20-16)22-12-7-3-6-11(2)21-12/h3-9H,17H2,1-2H3,(H2,18,19,20,21,22,23). The summed E-state index contributed by atoms with van der Waals surface area (Å²) in [5.74, 6) is 2.37. The van der Waals surface area contributed by atoms with Crippen LogP contribution in [0.3, 0.4) is 0 Å². The second-order valence-electron chi connectivity index (χ2n) is 5.07. The van der Waals surface area contributed by atoms with Gasteiger partial charge < -0.3 is 16.4 Å². The third kappa shape index (κ3) is 3.34. The van der Waals surface area contributed by atoms with E-state index in [0.29, 0.717) is 29.0 Å². The van der Waals surface area contributed by atoms with Crippen molar-refractivity contribution in [3.8, 4) is 0 Å². The first kappa shape index (κ1) is 14.7. The van der Waals surface area contributed by atoms with Crippen molar-refractivity contribution in [1.82, 2.24) is 19.9 Å². The smallest absolute Gasteiger partial charge is 0.160 e. The van der Waals surface area contributed by atoms with Crippen molar-refractivity contribution < 1.29 is 0 Å². The summed E-state index contributed by atoms with van der Waals surface area (Å²) < 4.78 is 0. The molecule has 3 aromatic rings. The number of pyridine rings is 2. The Balaban J connectivity index is 1.88. The summed E-state index contributed by atoms with van der Waals surface area (Å²) >= 11 is 0. The average Bonchev–Trinajstić information content (AvgIpc) is 2.53. The second kappa shape index (κ2) is 6.27. The van der Waals surface area contributed by atoms with Crippen molar-refractivity contribution in [1.29, 1.82) is 0 Å².